The maximum Gasteiger partial charge on any atom is 0.119 e. The lowest BCUT2D eigenvalue weighted by molar-refractivity contribution is 0.271. The molecule has 0 bridgehead atoms. The van der Waals surface area contributed by atoms with Crippen molar-refractivity contribution in [2.45, 2.75) is 12.8 Å². The van der Waals surface area contributed by atoms with Gasteiger partial charge in [0.05, 0.1) is 20.1 Å². The number of nitrogens with zero attached hydrogens (tertiary/aromatic N) is 2. The van der Waals surface area contributed by atoms with Gasteiger partial charge in [0.15, 0.2) is 0 Å². The molecule has 0 saturated carbocycles. The van der Waals surface area contributed by atoms with Crippen LogP contribution < -0.4 is 14.9 Å². The highest BCUT2D eigenvalue weighted by Gasteiger charge is 2.06. The molecule has 0 amide bonds. The molecule has 2 aromatic rings. The van der Waals surface area contributed by atoms with Crippen LogP contribution in [0.15, 0.2) is 53.5 Å². The van der Waals surface area contributed by atoms with E-state index in [1.165, 1.54) is 11.1 Å². The Morgan fingerprint density at radius 3 is 2.25 bits per heavy atom. The summed E-state index contributed by atoms with van der Waals surface area (Å²) in [6.07, 6.45) is 3.61. The van der Waals surface area contributed by atoms with Crippen LogP contribution in [0, 0.1) is 0 Å². The largest absolute Gasteiger partial charge is 0.497 e. The van der Waals surface area contributed by atoms with Crippen molar-refractivity contribution >= 4 is 6.34 Å². The monoisotopic (exact) mass is 325 g/mol. The lowest BCUT2D eigenvalue weighted by Crippen LogP contribution is -2.33. The van der Waals surface area contributed by atoms with Gasteiger partial charge in [0.2, 0.25) is 0 Å². The first-order chi connectivity index (χ1) is 11.8. The summed E-state index contributed by atoms with van der Waals surface area (Å²) in [5.74, 6) is 1.79. The number of nitrogens with one attached hydrogen (secondary N) is 1. The van der Waals surface area contributed by atoms with E-state index < -0.39 is 0 Å². The predicted octanol–water partition coefficient (Wildman–Crippen LogP) is 2.67. The van der Waals surface area contributed by atoms with Crippen molar-refractivity contribution in [2.24, 2.45) is 4.99 Å². The van der Waals surface area contributed by atoms with Gasteiger partial charge in [0, 0.05) is 13.0 Å². The van der Waals surface area contributed by atoms with Crippen LogP contribution in [0.3, 0.4) is 0 Å². The van der Waals surface area contributed by atoms with Gasteiger partial charge in [-0.25, -0.2) is 5.01 Å². The third kappa shape index (κ3) is 4.73. The fourth-order valence-corrected chi connectivity index (χ4v) is 2.53. The van der Waals surface area contributed by atoms with Crippen LogP contribution in [0.5, 0.6) is 11.5 Å². The maximum atomic E-state index is 5.83. The van der Waals surface area contributed by atoms with Crippen molar-refractivity contribution in [1.82, 2.24) is 10.4 Å². The highest BCUT2D eigenvalue weighted by atomic mass is 16.5. The Kier molecular flexibility index (Phi) is 5.69. The molecule has 0 radical (unpaired) electrons. The van der Waals surface area contributed by atoms with Crippen LogP contribution >= 0.6 is 0 Å². The minimum atomic E-state index is 0.667. The first kappa shape index (κ1) is 16.3. The first-order valence-electron chi connectivity index (χ1n) is 8.17. The van der Waals surface area contributed by atoms with Crippen molar-refractivity contribution in [2.75, 3.05) is 26.9 Å². The summed E-state index contributed by atoms with van der Waals surface area (Å²) in [7, 11) is 1.68. The molecule has 0 aliphatic carbocycles. The predicted molar refractivity (Wildman–Crippen MR) is 95.5 cm³/mol. The summed E-state index contributed by atoms with van der Waals surface area (Å²) in [6.45, 7) is 2.34. The maximum absolute atomic E-state index is 5.83. The topological polar surface area (TPSA) is 46.1 Å². The van der Waals surface area contributed by atoms with E-state index in [9.17, 15) is 0 Å². The van der Waals surface area contributed by atoms with Gasteiger partial charge in [0.1, 0.15) is 18.2 Å². The molecule has 1 aliphatic rings. The average molecular weight is 325 g/mol. The molecular weight excluding hydrogens is 302 g/mol. The summed E-state index contributed by atoms with van der Waals surface area (Å²) in [5.41, 5.74) is 5.64. The second-order valence-electron chi connectivity index (χ2n) is 5.69. The molecular formula is C19H23N3O2. The third-order valence-corrected chi connectivity index (χ3v) is 4.00. The Morgan fingerprint density at radius 1 is 0.958 bits per heavy atom. The summed E-state index contributed by atoms with van der Waals surface area (Å²) >= 11 is 0. The molecule has 0 unspecified atom stereocenters. The average Bonchev–Trinajstić information content (AvgIpc) is 3.15. The fourth-order valence-electron chi connectivity index (χ4n) is 2.53. The van der Waals surface area contributed by atoms with E-state index in [1.807, 2.05) is 24.3 Å². The molecule has 5 nitrogen and oxygen atoms in total. The Balaban J connectivity index is 1.40. The second kappa shape index (κ2) is 8.36. The molecule has 126 valence electrons. The fraction of sp³-hybridized carbons (Fsp3) is 0.316. The van der Waals surface area contributed by atoms with Crippen LogP contribution in [0.25, 0.3) is 0 Å². The smallest absolute Gasteiger partial charge is 0.119 e. The number of benzene rings is 2. The van der Waals surface area contributed by atoms with E-state index in [0.717, 1.165) is 37.6 Å². The van der Waals surface area contributed by atoms with E-state index >= 15 is 0 Å². The molecule has 3 rings (SSSR count). The van der Waals surface area contributed by atoms with Crippen molar-refractivity contribution in [3.63, 3.8) is 0 Å². The SMILES string of the molecule is COc1ccc(CCOc2ccc(CCN3CN=CN3)cc2)cc1. The Hall–Kier alpha value is -2.53. The van der Waals surface area contributed by atoms with E-state index in [1.54, 1.807) is 13.4 Å². The van der Waals surface area contributed by atoms with Crippen LogP contribution in [0.2, 0.25) is 0 Å². The van der Waals surface area contributed by atoms with Crippen LogP contribution in [0.4, 0.5) is 0 Å². The number of ether oxygens (including phenoxy) is 2. The summed E-state index contributed by atoms with van der Waals surface area (Å²) < 4.78 is 11.0. The summed E-state index contributed by atoms with van der Waals surface area (Å²) in [6, 6.07) is 16.4. The van der Waals surface area contributed by atoms with Gasteiger partial charge in [-0.1, -0.05) is 24.3 Å². The molecule has 0 aromatic heterocycles. The van der Waals surface area contributed by atoms with Gasteiger partial charge in [-0.2, -0.15) is 0 Å². The van der Waals surface area contributed by atoms with Crippen LogP contribution in [0.1, 0.15) is 11.1 Å². The van der Waals surface area contributed by atoms with Crippen molar-refractivity contribution in [3.05, 3.63) is 59.7 Å². The van der Waals surface area contributed by atoms with Gasteiger partial charge in [-0.3, -0.25) is 4.99 Å². The molecule has 5 heteroatoms. The highest BCUT2D eigenvalue weighted by molar-refractivity contribution is 5.55. The third-order valence-electron chi connectivity index (χ3n) is 4.00. The Labute approximate surface area is 142 Å². The van der Waals surface area contributed by atoms with E-state index in [-0.39, 0.29) is 0 Å². The van der Waals surface area contributed by atoms with Gasteiger partial charge < -0.3 is 14.9 Å². The van der Waals surface area contributed by atoms with Crippen molar-refractivity contribution in [3.8, 4) is 11.5 Å². The van der Waals surface area contributed by atoms with E-state index in [0.29, 0.717) is 6.61 Å². The number of rotatable bonds is 8. The second-order valence-corrected chi connectivity index (χ2v) is 5.69. The molecule has 1 heterocycles. The van der Waals surface area contributed by atoms with E-state index in [4.69, 9.17) is 9.47 Å². The number of hydrazine groups is 1. The lowest BCUT2D eigenvalue weighted by atomic mass is 10.1. The summed E-state index contributed by atoms with van der Waals surface area (Å²) in [5, 5.41) is 2.08. The Morgan fingerprint density at radius 2 is 1.62 bits per heavy atom. The zero-order valence-corrected chi connectivity index (χ0v) is 13.9. The Bertz CT molecular complexity index is 645. The molecule has 0 saturated heterocycles. The first-order valence-corrected chi connectivity index (χ1v) is 8.17. The van der Waals surface area contributed by atoms with Gasteiger partial charge in [-0.15, -0.1) is 0 Å². The molecule has 1 aliphatic heterocycles. The molecule has 2 aromatic carbocycles. The van der Waals surface area contributed by atoms with E-state index in [2.05, 4.69) is 39.7 Å². The zero-order chi connectivity index (χ0) is 16.6. The number of methoxy groups -OCH3 is 1. The molecule has 0 fully saturated rings. The minimum absolute atomic E-state index is 0.667. The normalized spacial score (nSPS) is 13.7. The van der Waals surface area contributed by atoms with Crippen molar-refractivity contribution in [1.29, 1.82) is 0 Å². The zero-order valence-electron chi connectivity index (χ0n) is 13.9. The van der Waals surface area contributed by atoms with Gasteiger partial charge in [-0.05, 0) is 41.8 Å². The van der Waals surface area contributed by atoms with Crippen LogP contribution in [-0.4, -0.2) is 38.3 Å². The highest BCUT2D eigenvalue weighted by Crippen LogP contribution is 2.15. The molecule has 1 N–H and O–H groups in total. The minimum Gasteiger partial charge on any atom is -0.497 e. The van der Waals surface area contributed by atoms with Crippen LogP contribution in [-0.2, 0) is 12.8 Å². The van der Waals surface area contributed by atoms with Gasteiger partial charge >= 0.3 is 0 Å². The molecule has 24 heavy (non-hydrogen) atoms. The van der Waals surface area contributed by atoms with Gasteiger partial charge in [0.25, 0.3) is 0 Å². The quantitative estimate of drug-likeness (QED) is 0.810. The standard InChI is InChI=1S/C19H23N3O2/c1-23-18-6-2-17(3-7-18)11-13-24-19-8-4-16(5-9-19)10-12-22-15-20-14-21-22/h2-9,14H,10-13,15H2,1H3,(H,20,21). The lowest BCUT2D eigenvalue weighted by Gasteiger charge is -2.14. The number of hydrogen-bond acceptors (Lipinski definition) is 5. The summed E-state index contributed by atoms with van der Waals surface area (Å²) in [4.78, 5) is 4.12. The van der Waals surface area contributed by atoms with Crippen molar-refractivity contribution < 1.29 is 9.47 Å². The number of aliphatic imine (C=N–C) groups is 1. The number of hydrogen-bond donors (Lipinski definition) is 1. The molecule has 0 spiro atoms. The molecule has 0 atom stereocenters.